The molecule has 2 N–H and O–H groups in total. The van der Waals surface area contributed by atoms with E-state index in [0.29, 0.717) is 11.3 Å². The number of nitro benzene ring substituents is 1. The molecule has 9 heteroatoms. The number of hydrazine groups is 1. The topological polar surface area (TPSA) is 105 Å². The highest BCUT2D eigenvalue weighted by Crippen LogP contribution is 2.24. The Labute approximate surface area is 152 Å². The van der Waals surface area contributed by atoms with Gasteiger partial charge in [0.15, 0.2) is 0 Å². The van der Waals surface area contributed by atoms with Crippen LogP contribution in [0.3, 0.4) is 0 Å². The lowest BCUT2D eigenvalue weighted by atomic mass is 10.1. The second kappa shape index (κ2) is 7.75. The molecule has 0 saturated heterocycles. The van der Waals surface area contributed by atoms with E-state index >= 15 is 0 Å². The van der Waals surface area contributed by atoms with Crippen molar-refractivity contribution in [3.8, 4) is 0 Å². The van der Waals surface area contributed by atoms with Gasteiger partial charge in [0.25, 0.3) is 17.5 Å². The summed E-state index contributed by atoms with van der Waals surface area (Å²) >= 11 is 3.27. The van der Waals surface area contributed by atoms with Crippen molar-refractivity contribution in [1.82, 2.24) is 10.9 Å². The van der Waals surface area contributed by atoms with Crippen molar-refractivity contribution in [2.75, 3.05) is 19.0 Å². The lowest BCUT2D eigenvalue weighted by Gasteiger charge is -2.17. The molecule has 0 radical (unpaired) electrons. The number of carbonyl (C=O) groups excluding carboxylic acids is 2. The Hall–Kier alpha value is -2.94. The SMILES string of the molecule is CN(C)c1ccc([N+](=O)[O-])cc1C(=O)NNC(=O)c1ccc(Br)cc1. The van der Waals surface area contributed by atoms with Gasteiger partial charge in [0, 0.05) is 42.0 Å². The molecule has 0 aliphatic carbocycles. The van der Waals surface area contributed by atoms with Crippen LogP contribution in [0.2, 0.25) is 0 Å². The highest BCUT2D eigenvalue weighted by molar-refractivity contribution is 9.10. The Kier molecular flexibility index (Phi) is 5.71. The maximum atomic E-state index is 12.4. The van der Waals surface area contributed by atoms with E-state index in [-0.39, 0.29) is 11.3 Å². The Bertz CT molecular complexity index is 821. The second-order valence-electron chi connectivity index (χ2n) is 5.27. The Balaban J connectivity index is 2.16. The van der Waals surface area contributed by atoms with Crippen LogP contribution in [0.1, 0.15) is 20.7 Å². The zero-order chi connectivity index (χ0) is 18.6. The monoisotopic (exact) mass is 406 g/mol. The maximum Gasteiger partial charge on any atom is 0.272 e. The predicted octanol–water partition coefficient (Wildman–Crippen LogP) is 2.50. The number of hydrogen-bond acceptors (Lipinski definition) is 5. The summed E-state index contributed by atoms with van der Waals surface area (Å²) in [6, 6.07) is 10.5. The van der Waals surface area contributed by atoms with Gasteiger partial charge in [0.2, 0.25) is 0 Å². The van der Waals surface area contributed by atoms with E-state index in [1.54, 1.807) is 43.3 Å². The lowest BCUT2D eigenvalue weighted by Crippen LogP contribution is -2.42. The molecule has 2 aromatic rings. The van der Waals surface area contributed by atoms with E-state index in [2.05, 4.69) is 26.8 Å². The first kappa shape index (κ1) is 18.4. The third kappa shape index (κ3) is 4.54. The maximum absolute atomic E-state index is 12.4. The Morgan fingerprint density at radius 2 is 1.64 bits per heavy atom. The molecule has 2 amide bonds. The van der Waals surface area contributed by atoms with Gasteiger partial charge in [-0.1, -0.05) is 15.9 Å². The number of carbonyl (C=O) groups is 2. The van der Waals surface area contributed by atoms with Gasteiger partial charge in [-0.3, -0.25) is 30.6 Å². The summed E-state index contributed by atoms with van der Waals surface area (Å²) in [6.45, 7) is 0. The van der Waals surface area contributed by atoms with Crippen molar-refractivity contribution in [3.63, 3.8) is 0 Å². The number of anilines is 1. The van der Waals surface area contributed by atoms with Crippen molar-refractivity contribution < 1.29 is 14.5 Å². The first-order valence-corrected chi connectivity index (χ1v) is 7.91. The molecule has 0 saturated carbocycles. The van der Waals surface area contributed by atoms with E-state index in [1.165, 1.54) is 12.1 Å². The van der Waals surface area contributed by atoms with Crippen LogP contribution in [0.4, 0.5) is 11.4 Å². The number of non-ortho nitro benzene ring substituents is 1. The standard InChI is InChI=1S/C16H15BrN4O4/c1-20(2)14-8-7-12(21(24)25)9-13(14)16(23)19-18-15(22)10-3-5-11(17)6-4-10/h3-9H,1-2H3,(H,18,22)(H,19,23). The number of rotatable bonds is 4. The molecule has 0 heterocycles. The fraction of sp³-hybridized carbons (Fsp3) is 0.125. The number of nitro groups is 1. The van der Waals surface area contributed by atoms with Crippen molar-refractivity contribution in [3.05, 3.63) is 68.2 Å². The van der Waals surface area contributed by atoms with Gasteiger partial charge in [-0.2, -0.15) is 0 Å². The quantitative estimate of drug-likeness (QED) is 0.599. The summed E-state index contributed by atoms with van der Waals surface area (Å²) in [5, 5.41) is 10.9. The highest BCUT2D eigenvalue weighted by Gasteiger charge is 2.18. The van der Waals surface area contributed by atoms with E-state index in [1.807, 2.05) is 0 Å². The molecule has 0 aromatic heterocycles. The van der Waals surface area contributed by atoms with Crippen molar-refractivity contribution >= 4 is 39.1 Å². The van der Waals surface area contributed by atoms with Crippen LogP contribution in [0.25, 0.3) is 0 Å². The van der Waals surface area contributed by atoms with E-state index < -0.39 is 16.7 Å². The molecule has 2 aromatic carbocycles. The van der Waals surface area contributed by atoms with E-state index in [4.69, 9.17) is 0 Å². The summed E-state index contributed by atoms with van der Waals surface area (Å²) in [6.07, 6.45) is 0. The number of nitrogens with zero attached hydrogens (tertiary/aromatic N) is 2. The molecule has 130 valence electrons. The minimum atomic E-state index is -0.655. The molecule has 25 heavy (non-hydrogen) atoms. The average molecular weight is 407 g/mol. The van der Waals surface area contributed by atoms with E-state index in [9.17, 15) is 19.7 Å². The van der Waals surface area contributed by atoms with Crippen LogP contribution >= 0.6 is 15.9 Å². The molecular weight excluding hydrogens is 392 g/mol. The average Bonchev–Trinajstić information content (AvgIpc) is 2.59. The number of amides is 2. The largest absolute Gasteiger partial charge is 0.377 e. The summed E-state index contributed by atoms with van der Waals surface area (Å²) in [5.74, 6) is -1.16. The first-order valence-electron chi connectivity index (χ1n) is 7.11. The van der Waals surface area contributed by atoms with Gasteiger partial charge in [-0.15, -0.1) is 0 Å². The van der Waals surface area contributed by atoms with Gasteiger partial charge in [-0.05, 0) is 30.3 Å². The molecule has 0 atom stereocenters. The smallest absolute Gasteiger partial charge is 0.272 e. The zero-order valence-corrected chi connectivity index (χ0v) is 15.0. The number of hydrogen-bond donors (Lipinski definition) is 2. The summed E-state index contributed by atoms with van der Waals surface area (Å²) in [4.78, 5) is 36.4. The van der Waals surface area contributed by atoms with Crippen LogP contribution in [0.5, 0.6) is 0 Å². The third-order valence-corrected chi connectivity index (χ3v) is 3.84. The van der Waals surface area contributed by atoms with Gasteiger partial charge in [0.05, 0.1) is 10.5 Å². The minimum absolute atomic E-state index is 0.0790. The van der Waals surface area contributed by atoms with Crippen LogP contribution < -0.4 is 15.8 Å². The molecule has 0 aliphatic heterocycles. The second-order valence-corrected chi connectivity index (χ2v) is 6.18. The minimum Gasteiger partial charge on any atom is -0.377 e. The third-order valence-electron chi connectivity index (χ3n) is 3.31. The van der Waals surface area contributed by atoms with Crippen LogP contribution in [0.15, 0.2) is 46.9 Å². The summed E-state index contributed by atoms with van der Waals surface area (Å²) in [5.41, 5.74) is 5.27. The first-order chi connectivity index (χ1) is 11.8. The highest BCUT2D eigenvalue weighted by atomic mass is 79.9. The summed E-state index contributed by atoms with van der Waals surface area (Å²) in [7, 11) is 3.41. The van der Waals surface area contributed by atoms with Crippen molar-refractivity contribution in [2.24, 2.45) is 0 Å². The fourth-order valence-electron chi connectivity index (χ4n) is 2.06. The molecule has 2 rings (SSSR count). The Morgan fingerprint density at radius 3 is 2.20 bits per heavy atom. The molecule has 0 aliphatic rings. The van der Waals surface area contributed by atoms with Crippen LogP contribution in [-0.2, 0) is 0 Å². The molecule has 0 bridgehead atoms. The van der Waals surface area contributed by atoms with Crippen molar-refractivity contribution in [2.45, 2.75) is 0 Å². The number of halogens is 1. The van der Waals surface area contributed by atoms with Gasteiger partial charge in [0.1, 0.15) is 0 Å². The van der Waals surface area contributed by atoms with Crippen LogP contribution in [0, 0.1) is 10.1 Å². The van der Waals surface area contributed by atoms with Gasteiger partial charge in [-0.25, -0.2) is 0 Å². The molecule has 0 unspecified atom stereocenters. The van der Waals surface area contributed by atoms with Gasteiger partial charge < -0.3 is 4.90 Å². The zero-order valence-electron chi connectivity index (χ0n) is 13.4. The number of nitrogens with one attached hydrogen (secondary N) is 2. The molecule has 8 nitrogen and oxygen atoms in total. The van der Waals surface area contributed by atoms with Crippen LogP contribution in [-0.4, -0.2) is 30.8 Å². The van der Waals surface area contributed by atoms with Crippen molar-refractivity contribution in [1.29, 1.82) is 0 Å². The Morgan fingerprint density at radius 1 is 1.04 bits per heavy atom. The van der Waals surface area contributed by atoms with E-state index in [0.717, 1.165) is 10.5 Å². The number of benzene rings is 2. The predicted molar refractivity (Wildman–Crippen MR) is 96.5 cm³/mol. The molecule has 0 fully saturated rings. The fourth-order valence-corrected chi connectivity index (χ4v) is 2.33. The lowest BCUT2D eigenvalue weighted by molar-refractivity contribution is -0.384. The molecule has 0 spiro atoms. The normalized spacial score (nSPS) is 10.0. The summed E-state index contributed by atoms with van der Waals surface area (Å²) < 4.78 is 0.820. The van der Waals surface area contributed by atoms with Gasteiger partial charge >= 0.3 is 0 Å². The molecular formula is C16H15BrN4O4.